The van der Waals surface area contributed by atoms with Crippen LogP contribution in [-0.2, 0) is 9.59 Å². The smallest absolute Gasteiger partial charge is 0.226 e. The average molecular weight is 352 g/mol. The van der Waals surface area contributed by atoms with Gasteiger partial charge in [0.1, 0.15) is 0 Å². The quantitative estimate of drug-likeness (QED) is 0.854. The van der Waals surface area contributed by atoms with Gasteiger partial charge >= 0.3 is 0 Å². The van der Waals surface area contributed by atoms with Gasteiger partial charge in [-0.2, -0.15) is 0 Å². The second-order valence-corrected chi connectivity index (χ2v) is 7.01. The van der Waals surface area contributed by atoms with Crippen molar-refractivity contribution in [1.82, 2.24) is 0 Å². The van der Waals surface area contributed by atoms with Gasteiger partial charge in [-0.05, 0) is 69.0 Å². The molecule has 0 aliphatic heterocycles. The van der Waals surface area contributed by atoms with Gasteiger partial charge in [0.25, 0.3) is 0 Å². The number of rotatable bonds is 5. The molecule has 4 nitrogen and oxygen atoms in total. The predicted molar refractivity (Wildman–Crippen MR) is 108 cm³/mol. The maximum atomic E-state index is 12.4. The second-order valence-electron chi connectivity index (χ2n) is 7.01. The summed E-state index contributed by atoms with van der Waals surface area (Å²) in [5.41, 5.74) is 7.28. The summed E-state index contributed by atoms with van der Waals surface area (Å²) in [4.78, 5) is 26.1. The second kappa shape index (κ2) is 8.17. The fraction of sp³-hybridized carbons (Fsp3) is 0.364. The van der Waals surface area contributed by atoms with Crippen molar-refractivity contribution in [2.24, 2.45) is 0 Å². The number of hydrogen-bond acceptors (Lipinski definition) is 2. The van der Waals surface area contributed by atoms with E-state index < -0.39 is 0 Å². The molecular weight excluding hydrogens is 324 g/mol. The molecule has 2 aromatic rings. The minimum absolute atomic E-state index is 0.0660. The predicted octanol–water partition coefficient (Wildman–Crippen LogP) is 4.61. The Hall–Kier alpha value is -2.62. The Balaban J connectivity index is 2.08. The zero-order valence-electron chi connectivity index (χ0n) is 16.6. The Bertz CT molecular complexity index is 817. The average Bonchev–Trinajstić information content (AvgIpc) is 2.54. The standard InChI is InChI=1S/C22H28N2O2/c1-14-11-17(4)22(18(5)12-14)23-21(26)9-10-24(19(6)25)20-8-7-15(2)16(3)13-20/h7-8,11-13H,9-10H2,1-6H3,(H,23,26). The van der Waals surface area contributed by atoms with Gasteiger partial charge in [0.2, 0.25) is 11.8 Å². The number of amides is 2. The van der Waals surface area contributed by atoms with Gasteiger partial charge in [0.15, 0.2) is 0 Å². The first-order chi connectivity index (χ1) is 12.2. The van der Waals surface area contributed by atoms with Gasteiger partial charge < -0.3 is 10.2 Å². The maximum absolute atomic E-state index is 12.4. The molecule has 0 spiro atoms. The van der Waals surface area contributed by atoms with Crippen LogP contribution in [0.5, 0.6) is 0 Å². The van der Waals surface area contributed by atoms with E-state index in [0.717, 1.165) is 28.1 Å². The van der Waals surface area contributed by atoms with Gasteiger partial charge in [0, 0.05) is 31.3 Å². The van der Waals surface area contributed by atoms with E-state index >= 15 is 0 Å². The van der Waals surface area contributed by atoms with Crippen molar-refractivity contribution >= 4 is 23.2 Å². The number of carbonyl (C=O) groups is 2. The van der Waals surface area contributed by atoms with Crippen molar-refractivity contribution in [3.63, 3.8) is 0 Å². The first-order valence-electron chi connectivity index (χ1n) is 8.92. The molecule has 0 saturated heterocycles. The van der Waals surface area contributed by atoms with E-state index in [1.807, 2.05) is 52.8 Å². The Morgan fingerprint density at radius 1 is 0.885 bits per heavy atom. The number of hydrogen-bond donors (Lipinski definition) is 1. The lowest BCUT2D eigenvalue weighted by Crippen LogP contribution is -2.32. The van der Waals surface area contributed by atoms with Gasteiger partial charge in [-0.15, -0.1) is 0 Å². The molecule has 0 heterocycles. The number of nitrogens with zero attached hydrogens (tertiary/aromatic N) is 1. The normalized spacial score (nSPS) is 10.5. The monoisotopic (exact) mass is 352 g/mol. The molecule has 138 valence electrons. The molecule has 2 rings (SSSR count). The third kappa shape index (κ3) is 4.72. The molecule has 0 saturated carbocycles. The van der Waals surface area contributed by atoms with Gasteiger partial charge in [-0.25, -0.2) is 0 Å². The summed E-state index contributed by atoms with van der Waals surface area (Å²) in [6, 6.07) is 10.0. The highest BCUT2D eigenvalue weighted by atomic mass is 16.2. The minimum atomic E-state index is -0.0878. The summed E-state index contributed by atoms with van der Waals surface area (Å²) in [7, 11) is 0. The molecule has 0 fully saturated rings. The van der Waals surface area contributed by atoms with Gasteiger partial charge in [-0.1, -0.05) is 23.8 Å². The van der Waals surface area contributed by atoms with Crippen molar-refractivity contribution in [3.8, 4) is 0 Å². The molecular formula is C22H28N2O2. The van der Waals surface area contributed by atoms with E-state index in [-0.39, 0.29) is 18.2 Å². The van der Waals surface area contributed by atoms with Crippen molar-refractivity contribution in [3.05, 3.63) is 58.1 Å². The Kier molecular flexibility index (Phi) is 6.19. The number of nitrogens with one attached hydrogen (secondary N) is 1. The zero-order chi connectivity index (χ0) is 19.4. The number of aryl methyl sites for hydroxylation is 5. The molecule has 0 bridgehead atoms. The highest BCUT2D eigenvalue weighted by molar-refractivity contribution is 5.95. The van der Waals surface area contributed by atoms with E-state index in [0.29, 0.717) is 6.54 Å². The van der Waals surface area contributed by atoms with Crippen LogP contribution in [0.25, 0.3) is 0 Å². The molecule has 0 unspecified atom stereocenters. The molecule has 1 N–H and O–H groups in total. The van der Waals surface area contributed by atoms with Crippen LogP contribution in [-0.4, -0.2) is 18.4 Å². The van der Waals surface area contributed by atoms with Crippen LogP contribution in [0.15, 0.2) is 30.3 Å². The fourth-order valence-electron chi connectivity index (χ4n) is 3.15. The Morgan fingerprint density at radius 2 is 1.50 bits per heavy atom. The molecule has 0 aliphatic rings. The SMILES string of the molecule is CC(=O)N(CCC(=O)Nc1c(C)cc(C)cc1C)c1ccc(C)c(C)c1. The molecule has 26 heavy (non-hydrogen) atoms. The van der Waals surface area contributed by atoms with Crippen molar-refractivity contribution in [1.29, 1.82) is 0 Å². The first kappa shape index (κ1) is 19.7. The summed E-state index contributed by atoms with van der Waals surface area (Å²) < 4.78 is 0. The van der Waals surface area contributed by atoms with Crippen LogP contribution in [0.4, 0.5) is 11.4 Å². The lowest BCUT2D eigenvalue weighted by molar-refractivity contribution is -0.117. The number of benzene rings is 2. The molecule has 4 heteroatoms. The van der Waals surface area contributed by atoms with E-state index in [1.54, 1.807) is 4.90 Å². The molecule has 0 atom stereocenters. The number of carbonyl (C=O) groups excluding carboxylic acids is 2. The van der Waals surface area contributed by atoms with E-state index in [9.17, 15) is 9.59 Å². The summed E-state index contributed by atoms with van der Waals surface area (Å²) in [5.74, 6) is -0.154. The molecule has 0 radical (unpaired) electrons. The lowest BCUT2D eigenvalue weighted by Gasteiger charge is -2.22. The van der Waals surface area contributed by atoms with Crippen molar-refractivity contribution < 1.29 is 9.59 Å². The van der Waals surface area contributed by atoms with Crippen molar-refractivity contribution in [2.45, 2.75) is 48.0 Å². The summed E-state index contributed by atoms with van der Waals surface area (Å²) in [6.45, 7) is 12.0. The summed E-state index contributed by atoms with van der Waals surface area (Å²) in [6.07, 6.45) is 0.249. The fourth-order valence-corrected chi connectivity index (χ4v) is 3.15. The first-order valence-corrected chi connectivity index (χ1v) is 8.92. The highest BCUT2D eigenvalue weighted by Crippen LogP contribution is 2.23. The largest absolute Gasteiger partial charge is 0.326 e. The highest BCUT2D eigenvalue weighted by Gasteiger charge is 2.15. The molecule has 2 aromatic carbocycles. The van der Waals surface area contributed by atoms with E-state index in [4.69, 9.17) is 0 Å². The van der Waals surface area contributed by atoms with Crippen LogP contribution in [0, 0.1) is 34.6 Å². The topological polar surface area (TPSA) is 49.4 Å². The van der Waals surface area contributed by atoms with E-state index in [1.165, 1.54) is 18.1 Å². The van der Waals surface area contributed by atoms with Crippen LogP contribution >= 0.6 is 0 Å². The summed E-state index contributed by atoms with van der Waals surface area (Å²) in [5, 5.41) is 3.00. The van der Waals surface area contributed by atoms with Gasteiger partial charge in [0.05, 0.1) is 0 Å². The molecule has 0 aromatic heterocycles. The lowest BCUT2D eigenvalue weighted by atomic mass is 10.0. The Labute approximate surface area is 156 Å². The van der Waals surface area contributed by atoms with Crippen molar-refractivity contribution in [2.75, 3.05) is 16.8 Å². The number of anilines is 2. The van der Waals surface area contributed by atoms with Crippen LogP contribution in [0.1, 0.15) is 41.2 Å². The molecule has 0 aliphatic carbocycles. The molecule has 2 amide bonds. The summed E-state index contributed by atoms with van der Waals surface area (Å²) >= 11 is 0. The maximum Gasteiger partial charge on any atom is 0.226 e. The van der Waals surface area contributed by atoms with Crippen LogP contribution in [0.2, 0.25) is 0 Å². The third-order valence-corrected chi connectivity index (χ3v) is 4.69. The van der Waals surface area contributed by atoms with Crippen LogP contribution < -0.4 is 10.2 Å². The zero-order valence-corrected chi connectivity index (χ0v) is 16.6. The minimum Gasteiger partial charge on any atom is -0.326 e. The Morgan fingerprint density at radius 3 is 2.04 bits per heavy atom. The van der Waals surface area contributed by atoms with Crippen LogP contribution in [0.3, 0.4) is 0 Å². The van der Waals surface area contributed by atoms with Gasteiger partial charge in [-0.3, -0.25) is 9.59 Å². The third-order valence-electron chi connectivity index (χ3n) is 4.69. The van der Waals surface area contributed by atoms with E-state index in [2.05, 4.69) is 17.4 Å².